The Balaban J connectivity index is 1.66. The Kier molecular flexibility index (Phi) is 5.85. The Morgan fingerprint density at radius 1 is 1.32 bits per heavy atom. The van der Waals surface area contributed by atoms with Crippen molar-refractivity contribution in [3.05, 3.63) is 53.2 Å². The number of halogens is 1. The number of nitrogens with zero attached hydrogens (tertiary/aromatic N) is 4. The lowest BCUT2D eigenvalue weighted by Crippen LogP contribution is -2.21. The van der Waals surface area contributed by atoms with E-state index in [0.717, 1.165) is 5.39 Å². The maximum Gasteiger partial charge on any atom is 0.272 e. The maximum absolute atomic E-state index is 13.1. The highest BCUT2D eigenvalue weighted by Crippen LogP contribution is 2.31. The van der Waals surface area contributed by atoms with Gasteiger partial charge in [0.05, 0.1) is 17.8 Å². The second kappa shape index (κ2) is 8.72. The molecule has 4 rings (SSSR count). The number of nitrogens with one attached hydrogen (secondary N) is 2. The van der Waals surface area contributed by atoms with E-state index in [1.807, 2.05) is 6.07 Å². The summed E-state index contributed by atoms with van der Waals surface area (Å²) >= 11 is 6.10. The van der Waals surface area contributed by atoms with Gasteiger partial charge in [0, 0.05) is 23.0 Å². The van der Waals surface area contributed by atoms with E-state index in [1.54, 1.807) is 48.0 Å². The van der Waals surface area contributed by atoms with Crippen LogP contribution >= 0.6 is 11.6 Å². The first-order chi connectivity index (χ1) is 15.0. The van der Waals surface area contributed by atoms with E-state index in [9.17, 15) is 9.90 Å². The Labute approximate surface area is 181 Å². The van der Waals surface area contributed by atoms with Crippen molar-refractivity contribution in [2.75, 3.05) is 18.5 Å². The Morgan fingerprint density at radius 2 is 2.16 bits per heavy atom. The molecule has 0 aliphatic carbocycles. The first-order valence-electron chi connectivity index (χ1n) is 9.33. The van der Waals surface area contributed by atoms with Gasteiger partial charge in [-0.3, -0.25) is 4.79 Å². The van der Waals surface area contributed by atoms with Gasteiger partial charge in [-0.1, -0.05) is 23.7 Å². The normalized spacial score (nSPS) is 12.1. The summed E-state index contributed by atoms with van der Waals surface area (Å²) in [4.78, 5) is 13.1. The summed E-state index contributed by atoms with van der Waals surface area (Å²) in [5, 5.41) is 36.4. The molecule has 0 saturated heterocycles. The zero-order chi connectivity index (χ0) is 22.0. The van der Waals surface area contributed by atoms with Crippen LogP contribution in [0.15, 0.2) is 42.5 Å². The average molecular weight is 443 g/mol. The number of aliphatic hydroxyl groups excluding tert-OH is 2. The molecule has 10 nitrogen and oxygen atoms in total. The summed E-state index contributed by atoms with van der Waals surface area (Å²) in [6, 6.07) is 12.1. The fourth-order valence-corrected chi connectivity index (χ4v) is 3.41. The van der Waals surface area contributed by atoms with Crippen molar-refractivity contribution in [3.8, 4) is 17.1 Å². The third kappa shape index (κ3) is 4.22. The van der Waals surface area contributed by atoms with Crippen molar-refractivity contribution in [2.24, 2.45) is 7.05 Å². The van der Waals surface area contributed by atoms with Crippen molar-refractivity contribution in [3.63, 3.8) is 0 Å². The molecule has 160 valence electrons. The third-order valence-corrected chi connectivity index (χ3v) is 4.96. The van der Waals surface area contributed by atoms with Crippen LogP contribution in [0.2, 0.25) is 5.02 Å². The van der Waals surface area contributed by atoms with Gasteiger partial charge in [0.1, 0.15) is 24.2 Å². The highest BCUT2D eigenvalue weighted by molar-refractivity contribution is 6.31. The molecule has 31 heavy (non-hydrogen) atoms. The molecule has 0 saturated carbocycles. The Hall–Kier alpha value is -3.47. The van der Waals surface area contributed by atoms with Gasteiger partial charge in [-0.2, -0.15) is 0 Å². The number of fused-ring (bicyclic) bond motifs is 1. The second-order valence-electron chi connectivity index (χ2n) is 6.82. The molecule has 0 radical (unpaired) electrons. The topological polar surface area (TPSA) is 138 Å². The molecule has 11 heteroatoms. The van der Waals surface area contributed by atoms with Crippen LogP contribution in [0.4, 0.5) is 5.69 Å². The van der Waals surface area contributed by atoms with E-state index in [0.29, 0.717) is 39.1 Å². The van der Waals surface area contributed by atoms with Crippen LogP contribution < -0.4 is 10.1 Å². The summed E-state index contributed by atoms with van der Waals surface area (Å²) in [6.45, 7) is -0.470. The van der Waals surface area contributed by atoms with E-state index in [-0.39, 0.29) is 12.5 Å². The SMILES string of the molecule is Cn1c(C(=O)Nc2ccc(Cl)cc2-c2nnn[nH]2)cc2cccc(OC[C@@H](O)CO)c21. The first kappa shape index (κ1) is 20.8. The van der Waals surface area contributed by atoms with Crippen molar-refractivity contribution < 1.29 is 19.7 Å². The number of hydrogen-bond donors (Lipinski definition) is 4. The number of para-hydroxylation sites is 1. The number of aromatic nitrogens is 5. The van der Waals surface area contributed by atoms with E-state index < -0.39 is 12.7 Å². The number of aryl methyl sites for hydroxylation is 1. The van der Waals surface area contributed by atoms with E-state index in [2.05, 4.69) is 25.9 Å². The van der Waals surface area contributed by atoms with Crippen molar-refractivity contribution in [1.82, 2.24) is 25.2 Å². The predicted molar refractivity (Wildman–Crippen MR) is 114 cm³/mol. The third-order valence-electron chi connectivity index (χ3n) is 4.72. The number of anilines is 1. The minimum atomic E-state index is -0.993. The van der Waals surface area contributed by atoms with E-state index in [4.69, 9.17) is 21.4 Å². The van der Waals surface area contributed by atoms with Crippen LogP contribution in [0.5, 0.6) is 5.75 Å². The number of carbonyl (C=O) groups excluding carboxylic acids is 1. The van der Waals surface area contributed by atoms with Gasteiger partial charge in [0.25, 0.3) is 5.91 Å². The summed E-state index contributed by atoms with van der Waals surface area (Å²) in [5.74, 6) is 0.510. The van der Waals surface area contributed by atoms with Gasteiger partial charge in [0.2, 0.25) is 0 Å². The molecule has 2 aromatic carbocycles. The number of tetrazole rings is 1. The number of rotatable bonds is 7. The minimum absolute atomic E-state index is 0.0678. The fraction of sp³-hybridized carbons (Fsp3) is 0.200. The standard InChI is InChI=1S/C20H19ClN6O4/c1-27-16(7-11-3-2-4-17(18(11)27)31-10-13(29)9-28)20(30)22-15-6-5-12(21)8-14(15)19-23-25-26-24-19/h2-8,13,28-29H,9-10H2,1H3,(H,22,30)(H,23,24,25,26)/t13-/m0/s1. The molecular formula is C20H19ClN6O4. The van der Waals surface area contributed by atoms with Gasteiger partial charge >= 0.3 is 0 Å². The summed E-state index contributed by atoms with van der Waals surface area (Å²) in [5.41, 5.74) is 2.12. The minimum Gasteiger partial charge on any atom is -0.489 e. The summed E-state index contributed by atoms with van der Waals surface area (Å²) in [6.07, 6.45) is -0.993. The highest BCUT2D eigenvalue weighted by Gasteiger charge is 2.19. The fourth-order valence-electron chi connectivity index (χ4n) is 3.23. The maximum atomic E-state index is 13.1. The molecule has 1 amide bonds. The van der Waals surface area contributed by atoms with Crippen LogP contribution in [-0.4, -0.2) is 60.6 Å². The van der Waals surface area contributed by atoms with Crippen LogP contribution in [-0.2, 0) is 7.05 Å². The highest BCUT2D eigenvalue weighted by atomic mass is 35.5. The van der Waals surface area contributed by atoms with Crippen LogP contribution in [0, 0.1) is 0 Å². The lowest BCUT2D eigenvalue weighted by atomic mass is 10.1. The molecule has 0 fully saturated rings. The van der Waals surface area contributed by atoms with E-state index in [1.165, 1.54) is 0 Å². The smallest absolute Gasteiger partial charge is 0.272 e. The second-order valence-corrected chi connectivity index (χ2v) is 7.26. The molecule has 0 spiro atoms. The monoisotopic (exact) mass is 442 g/mol. The first-order valence-corrected chi connectivity index (χ1v) is 9.71. The zero-order valence-electron chi connectivity index (χ0n) is 16.4. The van der Waals surface area contributed by atoms with Crippen molar-refractivity contribution in [1.29, 1.82) is 0 Å². The van der Waals surface area contributed by atoms with Gasteiger partial charge in [-0.25, -0.2) is 5.10 Å². The Bertz CT molecular complexity index is 1220. The number of ether oxygens (including phenoxy) is 1. The van der Waals surface area contributed by atoms with E-state index >= 15 is 0 Å². The van der Waals surface area contributed by atoms with Crippen LogP contribution in [0.1, 0.15) is 10.5 Å². The number of hydrogen-bond acceptors (Lipinski definition) is 7. The molecule has 0 aliphatic rings. The molecule has 1 atom stereocenters. The average Bonchev–Trinajstić information content (AvgIpc) is 3.42. The molecule has 2 heterocycles. The van der Waals surface area contributed by atoms with Crippen LogP contribution in [0.3, 0.4) is 0 Å². The summed E-state index contributed by atoms with van der Waals surface area (Å²) in [7, 11) is 1.75. The largest absolute Gasteiger partial charge is 0.489 e. The predicted octanol–water partition coefficient (Wildman–Crippen LogP) is 2.00. The molecular weight excluding hydrogens is 424 g/mol. The molecule has 0 aliphatic heterocycles. The molecule has 0 bridgehead atoms. The van der Waals surface area contributed by atoms with Crippen molar-refractivity contribution >= 4 is 34.1 Å². The molecule has 0 unspecified atom stereocenters. The number of aliphatic hydroxyl groups is 2. The van der Waals surface area contributed by atoms with Gasteiger partial charge < -0.3 is 24.8 Å². The number of H-pyrrole nitrogens is 1. The number of carbonyl (C=O) groups is 1. The molecule has 2 aromatic heterocycles. The summed E-state index contributed by atoms with van der Waals surface area (Å²) < 4.78 is 7.35. The van der Waals surface area contributed by atoms with Crippen molar-refractivity contribution in [2.45, 2.75) is 6.10 Å². The number of benzene rings is 2. The van der Waals surface area contributed by atoms with Gasteiger partial charge in [-0.05, 0) is 40.8 Å². The lowest BCUT2D eigenvalue weighted by Gasteiger charge is -2.13. The number of aromatic amines is 1. The van der Waals surface area contributed by atoms with Gasteiger partial charge in [-0.15, -0.1) is 5.10 Å². The quantitative estimate of drug-likeness (QED) is 0.343. The van der Waals surface area contributed by atoms with Crippen LogP contribution in [0.25, 0.3) is 22.3 Å². The number of amides is 1. The van der Waals surface area contributed by atoms with Gasteiger partial charge in [0.15, 0.2) is 5.82 Å². The Morgan fingerprint density at radius 3 is 2.90 bits per heavy atom. The molecule has 4 aromatic rings. The molecule has 4 N–H and O–H groups in total. The lowest BCUT2D eigenvalue weighted by molar-refractivity contribution is 0.0540. The zero-order valence-corrected chi connectivity index (χ0v) is 17.2.